The van der Waals surface area contributed by atoms with E-state index in [2.05, 4.69) is 23.2 Å². The second-order valence-corrected chi connectivity index (χ2v) is 4.67. The maximum Gasteiger partial charge on any atom is 0.120 e. The van der Waals surface area contributed by atoms with Crippen molar-refractivity contribution in [2.45, 2.75) is 32.3 Å². The first kappa shape index (κ1) is 11.0. The van der Waals surface area contributed by atoms with Crippen LogP contribution < -0.4 is 5.32 Å². The van der Waals surface area contributed by atoms with Gasteiger partial charge in [0.25, 0.3) is 0 Å². The minimum Gasteiger partial charge on any atom is -0.385 e. The van der Waals surface area contributed by atoms with Crippen molar-refractivity contribution in [3.05, 3.63) is 29.3 Å². The van der Waals surface area contributed by atoms with Crippen molar-refractivity contribution in [3.8, 4) is 11.8 Å². The van der Waals surface area contributed by atoms with Gasteiger partial charge in [-0.15, -0.1) is 0 Å². The van der Waals surface area contributed by atoms with Gasteiger partial charge in [0.15, 0.2) is 0 Å². The van der Waals surface area contributed by atoms with E-state index in [1.807, 2.05) is 12.1 Å². The summed E-state index contributed by atoms with van der Waals surface area (Å²) in [5.41, 5.74) is 2.58. The van der Waals surface area contributed by atoms with Gasteiger partial charge in [0.1, 0.15) is 5.60 Å². The van der Waals surface area contributed by atoms with E-state index in [9.17, 15) is 5.11 Å². The van der Waals surface area contributed by atoms with E-state index in [0.29, 0.717) is 0 Å². The Kier molecular flexibility index (Phi) is 2.89. The smallest absolute Gasteiger partial charge is 0.120 e. The fraction of sp³-hybridized carbons (Fsp3) is 0.429. The standard InChI is InChI=1S/C14H17NO/c1-14(2,16)9-8-11-5-3-7-13-12(11)6-4-10-15-13/h3,5,7,15-16H,4,6,10H2,1-2H3. The normalized spacial score (nSPS) is 14.4. The van der Waals surface area contributed by atoms with Crippen molar-refractivity contribution in [3.63, 3.8) is 0 Å². The third kappa shape index (κ3) is 2.56. The second kappa shape index (κ2) is 4.19. The number of nitrogens with one attached hydrogen (secondary N) is 1. The predicted molar refractivity (Wildman–Crippen MR) is 66.4 cm³/mol. The predicted octanol–water partition coefficient (Wildman–Crippen LogP) is 2.17. The van der Waals surface area contributed by atoms with Gasteiger partial charge in [-0.05, 0) is 44.4 Å². The average Bonchev–Trinajstić information content (AvgIpc) is 2.25. The van der Waals surface area contributed by atoms with E-state index in [4.69, 9.17) is 0 Å². The zero-order valence-corrected chi connectivity index (χ0v) is 9.80. The molecule has 1 heterocycles. The fourth-order valence-corrected chi connectivity index (χ4v) is 1.85. The molecular formula is C14H17NO. The summed E-state index contributed by atoms with van der Waals surface area (Å²) in [5.74, 6) is 5.94. The molecule has 0 fully saturated rings. The molecule has 1 aliphatic heterocycles. The first-order valence-electron chi connectivity index (χ1n) is 5.67. The highest BCUT2D eigenvalue weighted by Gasteiger charge is 2.12. The molecule has 0 unspecified atom stereocenters. The van der Waals surface area contributed by atoms with E-state index in [1.165, 1.54) is 11.3 Å². The van der Waals surface area contributed by atoms with Crippen molar-refractivity contribution in [2.24, 2.45) is 0 Å². The van der Waals surface area contributed by atoms with E-state index in [0.717, 1.165) is 24.9 Å². The third-order valence-corrected chi connectivity index (χ3v) is 2.60. The van der Waals surface area contributed by atoms with Crippen molar-refractivity contribution >= 4 is 5.69 Å². The summed E-state index contributed by atoms with van der Waals surface area (Å²) in [5, 5.41) is 13.0. The summed E-state index contributed by atoms with van der Waals surface area (Å²) in [6.07, 6.45) is 2.22. The first-order valence-corrected chi connectivity index (χ1v) is 5.67. The van der Waals surface area contributed by atoms with Crippen LogP contribution in [0.2, 0.25) is 0 Å². The highest BCUT2D eigenvalue weighted by molar-refractivity contribution is 5.60. The quantitative estimate of drug-likeness (QED) is 0.650. The summed E-state index contributed by atoms with van der Waals surface area (Å²) in [6.45, 7) is 4.44. The molecule has 0 bridgehead atoms. The molecule has 0 saturated heterocycles. The molecule has 0 atom stereocenters. The molecule has 0 amide bonds. The molecular weight excluding hydrogens is 198 g/mol. The Labute approximate surface area is 96.7 Å². The number of rotatable bonds is 0. The van der Waals surface area contributed by atoms with Crippen LogP contribution in [0, 0.1) is 11.8 Å². The third-order valence-electron chi connectivity index (χ3n) is 2.60. The van der Waals surface area contributed by atoms with Crippen molar-refractivity contribution in [2.75, 3.05) is 11.9 Å². The molecule has 1 aromatic rings. The van der Waals surface area contributed by atoms with Crippen molar-refractivity contribution in [1.29, 1.82) is 0 Å². The molecule has 0 aromatic heterocycles. The van der Waals surface area contributed by atoms with Crippen LogP contribution in [-0.4, -0.2) is 17.3 Å². The van der Waals surface area contributed by atoms with Gasteiger partial charge in [-0.25, -0.2) is 0 Å². The Morgan fingerprint density at radius 2 is 2.19 bits per heavy atom. The lowest BCUT2D eigenvalue weighted by Gasteiger charge is -2.19. The van der Waals surface area contributed by atoms with Crippen LogP contribution in [0.4, 0.5) is 5.69 Å². The number of anilines is 1. The van der Waals surface area contributed by atoms with Crippen LogP contribution in [0.5, 0.6) is 0 Å². The van der Waals surface area contributed by atoms with Crippen LogP contribution in [0.3, 0.4) is 0 Å². The second-order valence-electron chi connectivity index (χ2n) is 4.67. The molecule has 2 nitrogen and oxygen atoms in total. The summed E-state index contributed by atoms with van der Waals surface area (Å²) in [6, 6.07) is 6.11. The van der Waals surface area contributed by atoms with Gasteiger partial charge >= 0.3 is 0 Å². The number of benzene rings is 1. The first-order chi connectivity index (χ1) is 7.56. The van der Waals surface area contributed by atoms with Crippen LogP contribution in [-0.2, 0) is 6.42 Å². The maximum atomic E-state index is 9.59. The van der Waals surface area contributed by atoms with Gasteiger partial charge in [-0.3, -0.25) is 0 Å². The average molecular weight is 215 g/mol. The van der Waals surface area contributed by atoms with E-state index < -0.39 is 5.60 Å². The van der Waals surface area contributed by atoms with E-state index >= 15 is 0 Å². The highest BCUT2D eigenvalue weighted by atomic mass is 16.3. The lowest BCUT2D eigenvalue weighted by Crippen LogP contribution is -2.15. The van der Waals surface area contributed by atoms with Gasteiger partial charge in [0.2, 0.25) is 0 Å². The molecule has 0 saturated carbocycles. The Hall–Kier alpha value is -1.46. The van der Waals surface area contributed by atoms with E-state index in [-0.39, 0.29) is 0 Å². The van der Waals surface area contributed by atoms with Crippen LogP contribution in [0.1, 0.15) is 31.4 Å². The maximum absolute atomic E-state index is 9.59. The highest BCUT2D eigenvalue weighted by Crippen LogP contribution is 2.24. The topological polar surface area (TPSA) is 32.3 Å². The summed E-state index contributed by atoms with van der Waals surface area (Å²) < 4.78 is 0. The van der Waals surface area contributed by atoms with Crippen LogP contribution in [0.25, 0.3) is 0 Å². The number of hydrogen-bond acceptors (Lipinski definition) is 2. The summed E-state index contributed by atoms with van der Waals surface area (Å²) >= 11 is 0. The molecule has 2 N–H and O–H groups in total. The van der Waals surface area contributed by atoms with Gasteiger partial charge in [0, 0.05) is 17.8 Å². The SMILES string of the molecule is CC(C)(O)C#Cc1cccc2c1CCCN2. The van der Waals surface area contributed by atoms with Gasteiger partial charge in [-0.2, -0.15) is 0 Å². The molecule has 0 radical (unpaired) electrons. The minimum atomic E-state index is -0.926. The molecule has 0 spiro atoms. The summed E-state index contributed by atoms with van der Waals surface area (Å²) in [4.78, 5) is 0. The molecule has 84 valence electrons. The van der Waals surface area contributed by atoms with Gasteiger partial charge in [0.05, 0.1) is 0 Å². The van der Waals surface area contributed by atoms with Crippen LogP contribution >= 0.6 is 0 Å². The monoisotopic (exact) mass is 215 g/mol. The Morgan fingerprint density at radius 1 is 1.38 bits per heavy atom. The van der Waals surface area contributed by atoms with Crippen molar-refractivity contribution < 1.29 is 5.11 Å². The zero-order chi connectivity index (χ0) is 11.6. The number of hydrogen-bond donors (Lipinski definition) is 2. The molecule has 2 heteroatoms. The van der Waals surface area contributed by atoms with Crippen molar-refractivity contribution in [1.82, 2.24) is 0 Å². The Bertz CT molecular complexity index is 446. The number of fused-ring (bicyclic) bond motifs is 1. The molecule has 16 heavy (non-hydrogen) atoms. The molecule has 2 rings (SSSR count). The fourth-order valence-electron chi connectivity index (χ4n) is 1.85. The van der Waals surface area contributed by atoms with E-state index in [1.54, 1.807) is 13.8 Å². The van der Waals surface area contributed by atoms with Crippen LogP contribution in [0.15, 0.2) is 18.2 Å². The summed E-state index contributed by atoms with van der Waals surface area (Å²) in [7, 11) is 0. The molecule has 1 aliphatic rings. The minimum absolute atomic E-state index is 0.926. The molecule has 0 aliphatic carbocycles. The lowest BCUT2D eigenvalue weighted by molar-refractivity contribution is 0.143. The Morgan fingerprint density at radius 3 is 2.94 bits per heavy atom. The van der Waals surface area contributed by atoms with Gasteiger partial charge in [-0.1, -0.05) is 17.9 Å². The lowest BCUT2D eigenvalue weighted by atomic mass is 9.97. The zero-order valence-electron chi connectivity index (χ0n) is 9.80. The number of aliphatic hydroxyl groups is 1. The Balaban J connectivity index is 2.37. The molecule has 1 aromatic carbocycles. The van der Waals surface area contributed by atoms with Gasteiger partial charge < -0.3 is 10.4 Å². The largest absolute Gasteiger partial charge is 0.385 e.